The number of hydrogen-bond donors (Lipinski definition) is 1. The Bertz CT molecular complexity index is 231. The van der Waals surface area contributed by atoms with Crippen LogP contribution >= 0.6 is 11.6 Å². The van der Waals surface area contributed by atoms with Crippen molar-refractivity contribution in [2.45, 2.75) is 0 Å². The van der Waals surface area contributed by atoms with Crippen LogP contribution in [0.5, 0.6) is 5.88 Å². The molecule has 0 aliphatic carbocycles. The van der Waals surface area contributed by atoms with E-state index in [1.54, 1.807) is 0 Å². The lowest BCUT2D eigenvalue weighted by atomic mass is 10.7. The lowest BCUT2D eigenvalue weighted by molar-refractivity contribution is 0.314. The Labute approximate surface area is 69.4 Å². The molecular formula is C6H8ClN3O. The van der Waals surface area contributed by atoms with Gasteiger partial charge in [-0.25, -0.2) is 0 Å². The Hall–Kier alpha value is -0.870. The fourth-order valence-corrected chi connectivity index (χ4v) is 0.698. The molecule has 1 heterocycles. The number of rotatable bonds is 3. The number of aromatic nitrogens is 2. The first kappa shape index (κ1) is 8.23. The summed E-state index contributed by atoms with van der Waals surface area (Å²) in [6, 6.07) is 0. The Morgan fingerprint density at radius 1 is 1.55 bits per heavy atom. The van der Waals surface area contributed by atoms with Crippen molar-refractivity contribution in [3.05, 3.63) is 17.5 Å². The van der Waals surface area contributed by atoms with E-state index >= 15 is 0 Å². The van der Waals surface area contributed by atoms with Gasteiger partial charge in [-0.2, -0.15) is 4.98 Å². The van der Waals surface area contributed by atoms with Gasteiger partial charge in [0.05, 0.1) is 12.4 Å². The van der Waals surface area contributed by atoms with Gasteiger partial charge in [0.2, 0.25) is 5.88 Å². The Morgan fingerprint density at radius 2 is 2.36 bits per heavy atom. The van der Waals surface area contributed by atoms with Crippen molar-refractivity contribution < 1.29 is 4.74 Å². The van der Waals surface area contributed by atoms with Crippen LogP contribution in [0.2, 0.25) is 5.15 Å². The summed E-state index contributed by atoms with van der Waals surface area (Å²) < 4.78 is 5.05. The first-order valence-corrected chi connectivity index (χ1v) is 3.51. The minimum atomic E-state index is 0.319. The quantitative estimate of drug-likeness (QED) is 0.722. The molecule has 1 aromatic rings. The molecule has 0 atom stereocenters. The van der Waals surface area contributed by atoms with E-state index in [1.807, 2.05) is 0 Å². The van der Waals surface area contributed by atoms with Crippen molar-refractivity contribution in [2.75, 3.05) is 13.2 Å². The van der Waals surface area contributed by atoms with Gasteiger partial charge in [-0.1, -0.05) is 11.6 Å². The van der Waals surface area contributed by atoms with Gasteiger partial charge in [0.25, 0.3) is 0 Å². The molecule has 0 aliphatic rings. The summed E-state index contributed by atoms with van der Waals surface area (Å²) in [4.78, 5) is 7.61. The van der Waals surface area contributed by atoms with E-state index in [1.165, 1.54) is 12.4 Å². The molecule has 0 fully saturated rings. The molecule has 0 radical (unpaired) electrons. The molecule has 0 aliphatic heterocycles. The van der Waals surface area contributed by atoms with E-state index in [9.17, 15) is 0 Å². The summed E-state index contributed by atoms with van der Waals surface area (Å²) in [5.74, 6) is 0.406. The van der Waals surface area contributed by atoms with Gasteiger partial charge in [0.15, 0.2) is 5.15 Å². The van der Waals surface area contributed by atoms with Gasteiger partial charge in [0, 0.05) is 6.54 Å². The summed E-state index contributed by atoms with van der Waals surface area (Å²) in [6.45, 7) is 0.878. The molecule has 5 heteroatoms. The maximum atomic E-state index is 5.54. The molecule has 11 heavy (non-hydrogen) atoms. The molecule has 2 N–H and O–H groups in total. The molecule has 0 amide bonds. The summed E-state index contributed by atoms with van der Waals surface area (Å²) in [7, 11) is 0. The van der Waals surface area contributed by atoms with E-state index in [0.29, 0.717) is 24.2 Å². The number of hydrogen-bond acceptors (Lipinski definition) is 4. The smallest absolute Gasteiger partial charge is 0.233 e. The highest BCUT2D eigenvalue weighted by Gasteiger charge is 1.94. The molecule has 0 bridgehead atoms. The van der Waals surface area contributed by atoms with Crippen molar-refractivity contribution in [3.8, 4) is 5.88 Å². The maximum Gasteiger partial charge on any atom is 0.233 e. The van der Waals surface area contributed by atoms with Gasteiger partial charge in [-0.3, -0.25) is 4.98 Å². The lowest BCUT2D eigenvalue weighted by Gasteiger charge is -2.01. The Kier molecular flexibility index (Phi) is 3.07. The molecule has 1 rings (SSSR count). The Morgan fingerprint density at radius 3 is 3.00 bits per heavy atom. The van der Waals surface area contributed by atoms with E-state index in [4.69, 9.17) is 22.1 Å². The maximum absolute atomic E-state index is 5.54. The minimum absolute atomic E-state index is 0.319. The van der Waals surface area contributed by atoms with Gasteiger partial charge in [-0.15, -0.1) is 0 Å². The van der Waals surface area contributed by atoms with Crippen LogP contribution < -0.4 is 10.5 Å². The zero-order chi connectivity index (χ0) is 8.10. The third-order valence-electron chi connectivity index (χ3n) is 0.951. The normalized spacial score (nSPS) is 9.64. The van der Waals surface area contributed by atoms with Crippen molar-refractivity contribution >= 4 is 11.6 Å². The molecule has 0 unspecified atom stereocenters. The molecular weight excluding hydrogens is 166 g/mol. The van der Waals surface area contributed by atoms with Gasteiger partial charge < -0.3 is 10.5 Å². The third-order valence-corrected chi connectivity index (χ3v) is 1.13. The topological polar surface area (TPSA) is 61.0 Å². The second-order valence-electron chi connectivity index (χ2n) is 1.82. The molecule has 0 spiro atoms. The molecule has 0 saturated carbocycles. The highest BCUT2D eigenvalue weighted by atomic mass is 35.5. The molecule has 1 aromatic heterocycles. The average molecular weight is 174 g/mol. The fourth-order valence-electron chi connectivity index (χ4n) is 0.559. The zero-order valence-electron chi connectivity index (χ0n) is 5.83. The standard InChI is InChI=1S/C6H8ClN3O/c7-5-3-9-4-6(10-5)11-2-1-8/h3-4H,1-2,8H2. The first-order chi connectivity index (χ1) is 5.33. The van der Waals surface area contributed by atoms with Crippen LogP contribution in [0.3, 0.4) is 0 Å². The van der Waals surface area contributed by atoms with Crippen LogP contribution in [0.1, 0.15) is 0 Å². The van der Waals surface area contributed by atoms with Crippen molar-refractivity contribution in [1.29, 1.82) is 0 Å². The highest BCUT2D eigenvalue weighted by molar-refractivity contribution is 6.29. The molecule has 4 nitrogen and oxygen atoms in total. The third kappa shape index (κ3) is 2.69. The van der Waals surface area contributed by atoms with Crippen LogP contribution in [0.25, 0.3) is 0 Å². The summed E-state index contributed by atoms with van der Waals surface area (Å²) in [5.41, 5.74) is 5.21. The molecule has 0 saturated heterocycles. The first-order valence-electron chi connectivity index (χ1n) is 3.13. The predicted molar refractivity (Wildman–Crippen MR) is 41.6 cm³/mol. The van der Waals surface area contributed by atoms with Crippen LogP contribution in [0, 0.1) is 0 Å². The summed E-state index contributed by atoms with van der Waals surface area (Å²) >= 11 is 5.54. The van der Waals surface area contributed by atoms with Crippen molar-refractivity contribution in [1.82, 2.24) is 9.97 Å². The van der Waals surface area contributed by atoms with E-state index in [2.05, 4.69) is 9.97 Å². The van der Waals surface area contributed by atoms with Gasteiger partial charge in [-0.05, 0) is 0 Å². The van der Waals surface area contributed by atoms with Crippen molar-refractivity contribution in [3.63, 3.8) is 0 Å². The van der Waals surface area contributed by atoms with E-state index in [0.717, 1.165) is 0 Å². The molecule has 0 aromatic carbocycles. The van der Waals surface area contributed by atoms with E-state index in [-0.39, 0.29) is 0 Å². The van der Waals surface area contributed by atoms with Crippen molar-refractivity contribution in [2.24, 2.45) is 5.73 Å². The van der Waals surface area contributed by atoms with Crippen LogP contribution in [-0.4, -0.2) is 23.1 Å². The highest BCUT2D eigenvalue weighted by Crippen LogP contribution is 2.08. The zero-order valence-corrected chi connectivity index (χ0v) is 6.58. The number of ether oxygens (including phenoxy) is 1. The summed E-state index contributed by atoms with van der Waals surface area (Å²) in [5, 5.41) is 0.319. The van der Waals surface area contributed by atoms with E-state index < -0.39 is 0 Å². The summed E-state index contributed by atoms with van der Waals surface area (Å²) in [6.07, 6.45) is 2.93. The van der Waals surface area contributed by atoms with Gasteiger partial charge >= 0.3 is 0 Å². The minimum Gasteiger partial charge on any atom is -0.475 e. The monoisotopic (exact) mass is 173 g/mol. The fraction of sp³-hybridized carbons (Fsp3) is 0.333. The SMILES string of the molecule is NCCOc1cncc(Cl)n1. The number of halogens is 1. The average Bonchev–Trinajstić information content (AvgIpc) is 2.01. The van der Waals surface area contributed by atoms with Crippen LogP contribution in [0.4, 0.5) is 0 Å². The van der Waals surface area contributed by atoms with Gasteiger partial charge in [0.1, 0.15) is 6.61 Å². The lowest BCUT2D eigenvalue weighted by Crippen LogP contribution is -2.11. The number of nitrogens with two attached hydrogens (primary N) is 1. The number of nitrogens with zero attached hydrogens (tertiary/aromatic N) is 2. The molecule has 60 valence electrons. The second kappa shape index (κ2) is 4.10. The van der Waals surface area contributed by atoms with Crippen LogP contribution in [-0.2, 0) is 0 Å². The van der Waals surface area contributed by atoms with Crippen LogP contribution in [0.15, 0.2) is 12.4 Å². The predicted octanol–water partition coefficient (Wildman–Crippen LogP) is 0.467. The largest absolute Gasteiger partial charge is 0.475 e. The Balaban J connectivity index is 2.56. The second-order valence-corrected chi connectivity index (χ2v) is 2.20.